The van der Waals surface area contributed by atoms with Crippen molar-refractivity contribution in [3.8, 4) is 11.5 Å². The average molecular weight is 451 g/mol. The van der Waals surface area contributed by atoms with Crippen molar-refractivity contribution in [1.29, 1.82) is 0 Å². The summed E-state index contributed by atoms with van der Waals surface area (Å²) in [5.74, 6) is -0.133. The van der Waals surface area contributed by atoms with Crippen LogP contribution in [0.4, 0.5) is 11.4 Å². The minimum atomic E-state index is -0.692. The van der Waals surface area contributed by atoms with Crippen LogP contribution >= 0.6 is 0 Å². The van der Waals surface area contributed by atoms with Crippen LogP contribution in [-0.2, 0) is 16.0 Å². The summed E-state index contributed by atoms with van der Waals surface area (Å²) in [4.78, 5) is 29.8. The zero-order valence-corrected chi connectivity index (χ0v) is 18.9. The van der Waals surface area contributed by atoms with Crippen LogP contribution in [0.1, 0.15) is 30.0 Å². The van der Waals surface area contributed by atoms with Crippen LogP contribution in [0, 0.1) is 0 Å². The summed E-state index contributed by atoms with van der Waals surface area (Å²) in [5.41, 5.74) is 4.32. The van der Waals surface area contributed by atoms with Gasteiger partial charge in [0.15, 0.2) is 11.5 Å². The fourth-order valence-corrected chi connectivity index (χ4v) is 4.88. The van der Waals surface area contributed by atoms with Crippen molar-refractivity contribution >= 4 is 23.2 Å². The lowest BCUT2D eigenvalue weighted by molar-refractivity contribution is -0.136. The minimum absolute atomic E-state index is 0.0507. The number of amides is 2. The first-order valence-corrected chi connectivity index (χ1v) is 11.7. The van der Waals surface area contributed by atoms with Crippen molar-refractivity contribution in [2.24, 2.45) is 0 Å². The summed E-state index contributed by atoms with van der Waals surface area (Å²) >= 11 is 0. The first-order valence-electron chi connectivity index (χ1n) is 11.7. The molecule has 0 aliphatic carbocycles. The summed E-state index contributed by atoms with van der Waals surface area (Å²) in [5, 5.41) is 5.52. The fraction of sp³-hybridized carbons (Fsp3) is 0.440. The predicted octanol–water partition coefficient (Wildman–Crippen LogP) is 2.34. The molecule has 3 aliphatic rings. The molecular weight excluding hydrogens is 420 g/mol. The number of benzene rings is 2. The molecule has 2 aromatic rings. The second kappa shape index (κ2) is 9.31. The third-order valence-electron chi connectivity index (χ3n) is 6.66. The van der Waals surface area contributed by atoms with Gasteiger partial charge < -0.3 is 25.0 Å². The lowest BCUT2D eigenvalue weighted by Crippen LogP contribution is -2.41. The molecule has 1 saturated heterocycles. The maximum absolute atomic E-state index is 12.6. The molecule has 0 radical (unpaired) electrons. The predicted molar refractivity (Wildman–Crippen MR) is 126 cm³/mol. The van der Waals surface area contributed by atoms with Gasteiger partial charge in [-0.2, -0.15) is 0 Å². The number of rotatable bonds is 5. The standard InChI is InChI=1S/C25H30N4O4/c1-28-11-8-18-14-17(4-6-20(18)28)21(29-9-2-3-10-29)16-26-24(30)25(31)27-19-5-7-22-23(15-19)33-13-12-32-22/h4-7,14-15,21H,2-3,8-13,16H2,1H3,(H,26,30)(H,27,31)/t21-/m1/s1. The molecule has 1 atom stereocenters. The van der Waals surface area contributed by atoms with E-state index in [0.717, 1.165) is 38.9 Å². The lowest BCUT2D eigenvalue weighted by atomic mass is 10.0. The molecule has 1 fully saturated rings. The van der Waals surface area contributed by atoms with Gasteiger partial charge in [0, 0.05) is 37.6 Å². The Hall–Kier alpha value is -3.26. The number of carbonyl (C=O) groups is 2. The minimum Gasteiger partial charge on any atom is -0.486 e. The number of nitrogens with zero attached hydrogens (tertiary/aromatic N) is 2. The third-order valence-corrected chi connectivity index (χ3v) is 6.66. The highest BCUT2D eigenvalue weighted by molar-refractivity contribution is 6.39. The van der Waals surface area contributed by atoms with Gasteiger partial charge in [0.05, 0.1) is 6.04 Å². The topological polar surface area (TPSA) is 83.1 Å². The smallest absolute Gasteiger partial charge is 0.313 e. The van der Waals surface area contributed by atoms with E-state index in [1.165, 1.54) is 16.8 Å². The van der Waals surface area contributed by atoms with E-state index in [-0.39, 0.29) is 6.04 Å². The monoisotopic (exact) mass is 450 g/mol. The Balaban J connectivity index is 1.24. The molecule has 174 valence electrons. The van der Waals surface area contributed by atoms with Crippen molar-refractivity contribution in [1.82, 2.24) is 10.2 Å². The number of likely N-dealkylation sites (tertiary alicyclic amines) is 1. The second-order valence-electron chi connectivity index (χ2n) is 8.84. The molecule has 3 aliphatic heterocycles. The number of anilines is 2. The van der Waals surface area contributed by atoms with Crippen LogP contribution < -0.4 is 25.0 Å². The van der Waals surface area contributed by atoms with Crippen molar-refractivity contribution < 1.29 is 19.1 Å². The van der Waals surface area contributed by atoms with E-state index in [1.54, 1.807) is 18.2 Å². The van der Waals surface area contributed by atoms with E-state index in [1.807, 2.05) is 0 Å². The number of carbonyl (C=O) groups excluding carboxylic acids is 2. The Morgan fingerprint density at radius 1 is 0.970 bits per heavy atom. The number of ether oxygens (including phenoxy) is 2. The first kappa shape index (κ1) is 21.6. The Bertz CT molecular complexity index is 1050. The van der Waals surface area contributed by atoms with E-state index in [4.69, 9.17) is 9.47 Å². The quantitative estimate of drug-likeness (QED) is 0.681. The molecule has 0 bridgehead atoms. The van der Waals surface area contributed by atoms with E-state index in [2.05, 4.69) is 45.7 Å². The molecule has 5 rings (SSSR count). The molecule has 8 nitrogen and oxygen atoms in total. The van der Waals surface area contributed by atoms with E-state index < -0.39 is 11.8 Å². The lowest BCUT2D eigenvalue weighted by Gasteiger charge is -2.28. The largest absolute Gasteiger partial charge is 0.486 e. The maximum atomic E-state index is 12.6. The number of hydrogen-bond donors (Lipinski definition) is 2. The molecule has 8 heteroatoms. The van der Waals surface area contributed by atoms with Crippen molar-refractivity contribution in [3.05, 3.63) is 47.5 Å². The van der Waals surface area contributed by atoms with Crippen LogP contribution in [0.2, 0.25) is 0 Å². The molecule has 2 amide bonds. The number of nitrogens with one attached hydrogen (secondary N) is 2. The maximum Gasteiger partial charge on any atom is 0.313 e. The highest BCUT2D eigenvalue weighted by atomic mass is 16.6. The molecule has 0 unspecified atom stereocenters. The average Bonchev–Trinajstić information content (AvgIpc) is 3.49. The van der Waals surface area contributed by atoms with E-state index in [9.17, 15) is 9.59 Å². The van der Waals surface area contributed by atoms with Crippen LogP contribution in [0.25, 0.3) is 0 Å². The van der Waals surface area contributed by atoms with Gasteiger partial charge in [-0.25, -0.2) is 0 Å². The first-order chi connectivity index (χ1) is 16.1. The van der Waals surface area contributed by atoms with Gasteiger partial charge in [0.1, 0.15) is 13.2 Å². The van der Waals surface area contributed by atoms with Gasteiger partial charge in [0.2, 0.25) is 0 Å². The highest BCUT2D eigenvalue weighted by Crippen LogP contribution is 2.33. The fourth-order valence-electron chi connectivity index (χ4n) is 4.88. The summed E-state index contributed by atoms with van der Waals surface area (Å²) in [6, 6.07) is 11.8. The summed E-state index contributed by atoms with van der Waals surface area (Å²) in [6.07, 6.45) is 3.35. The molecule has 3 heterocycles. The number of likely N-dealkylation sites (N-methyl/N-ethyl adjacent to an activating group) is 1. The Morgan fingerprint density at radius 2 is 1.76 bits per heavy atom. The summed E-state index contributed by atoms with van der Waals surface area (Å²) in [7, 11) is 2.12. The van der Waals surface area contributed by atoms with Crippen molar-refractivity contribution in [2.45, 2.75) is 25.3 Å². The highest BCUT2D eigenvalue weighted by Gasteiger charge is 2.27. The van der Waals surface area contributed by atoms with Gasteiger partial charge >= 0.3 is 11.8 Å². The van der Waals surface area contributed by atoms with Crippen LogP contribution in [0.15, 0.2) is 36.4 Å². The molecule has 0 aromatic heterocycles. The Labute approximate surface area is 193 Å². The summed E-state index contributed by atoms with van der Waals surface area (Å²) in [6.45, 7) is 4.38. The van der Waals surface area contributed by atoms with Crippen molar-refractivity contribution in [2.75, 3.05) is 56.7 Å². The van der Waals surface area contributed by atoms with Crippen LogP contribution in [-0.4, -0.2) is 63.2 Å². The van der Waals surface area contributed by atoms with E-state index in [0.29, 0.717) is 36.9 Å². The normalized spacial score (nSPS) is 18.0. The SMILES string of the molecule is CN1CCc2cc([C@@H](CNC(=O)C(=O)Nc3ccc4c(c3)OCCO4)N3CCCC3)ccc21. The van der Waals surface area contributed by atoms with Gasteiger partial charge in [-0.1, -0.05) is 12.1 Å². The molecular formula is C25H30N4O4. The zero-order chi connectivity index (χ0) is 22.8. The van der Waals surface area contributed by atoms with Gasteiger partial charge in [0.25, 0.3) is 0 Å². The van der Waals surface area contributed by atoms with Crippen molar-refractivity contribution in [3.63, 3.8) is 0 Å². The molecule has 0 spiro atoms. The number of hydrogen-bond acceptors (Lipinski definition) is 6. The Kier molecular flexibility index (Phi) is 6.09. The molecule has 2 N–H and O–H groups in total. The van der Waals surface area contributed by atoms with Gasteiger partial charge in [-0.3, -0.25) is 14.5 Å². The molecule has 2 aromatic carbocycles. The molecule has 33 heavy (non-hydrogen) atoms. The Morgan fingerprint density at radius 3 is 2.58 bits per heavy atom. The van der Waals surface area contributed by atoms with Gasteiger partial charge in [-0.05, 0) is 61.7 Å². The van der Waals surface area contributed by atoms with Gasteiger partial charge in [-0.15, -0.1) is 0 Å². The van der Waals surface area contributed by atoms with Crippen LogP contribution in [0.5, 0.6) is 11.5 Å². The summed E-state index contributed by atoms with van der Waals surface area (Å²) < 4.78 is 11.0. The van der Waals surface area contributed by atoms with E-state index >= 15 is 0 Å². The second-order valence-corrected chi connectivity index (χ2v) is 8.84. The third kappa shape index (κ3) is 4.61. The number of fused-ring (bicyclic) bond motifs is 2. The zero-order valence-electron chi connectivity index (χ0n) is 18.9. The molecule has 0 saturated carbocycles. The van der Waals surface area contributed by atoms with Crippen LogP contribution in [0.3, 0.4) is 0 Å².